The predicted molar refractivity (Wildman–Crippen MR) is 33.5 cm³/mol. The van der Waals surface area contributed by atoms with Crippen molar-refractivity contribution in [3.8, 4) is 0 Å². The third-order valence-electron chi connectivity index (χ3n) is 0.838. The zero-order valence-electron chi connectivity index (χ0n) is 5.47. The molecule has 10 heavy (non-hydrogen) atoms. The van der Waals surface area contributed by atoms with Gasteiger partial charge in [-0.25, -0.2) is 21.9 Å². The molecule has 0 fully saturated rings. The van der Waals surface area contributed by atoms with E-state index in [-0.39, 0.29) is 5.75 Å². The summed E-state index contributed by atoms with van der Waals surface area (Å²) in [5.74, 6) is -0.167. The first-order chi connectivity index (χ1) is 4.48. The van der Waals surface area contributed by atoms with Crippen molar-refractivity contribution in [1.82, 2.24) is 4.72 Å². The van der Waals surface area contributed by atoms with Crippen molar-refractivity contribution in [2.75, 3.05) is 12.3 Å². The Kier molecular flexibility index (Phi) is 3.73. The summed E-state index contributed by atoms with van der Waals surface area (Å²) in [6.07, 6.45) is -2.62. The van der Waals surface area contributed by atoms with Crippen LogP contribution in [0.2, 0.25) is 0 Å². The number of rotatable bonds is 4. The molecule has 0 bridgehead atoms. The van der Waals surface area contributed by atoms with Gasteiger partial charge in [0.25, 0.3) is 6.43 Å². The highest BCUT2D eigenvalue weighted by molar-refractivity contribution is 7.89. The first-order valence-corrected chi connectivity index (χ1v) is 4.38. The Morgan fingerprint density at radius 1 is 1.50 bits per heavy atom. The van der Waals surface area contributed by atoms with Gasteiger partial charge in [-0.3, -0.25) is 0 Å². The van der Waals surface area contributed by atoms with E-state index in [2.05, 4.69) is 0 Å². The van der Waals surface area contributed by atoms with Crippen molar-refractivity contribution in [3.05, 3.63) is 0 Å². The molecule has 0 aliphatic rings. The summed E-state index contributed by atoms with van der Waals surface area (Å²) in [5.41, 5.74) is 0. The molecule has 0 radical (unpaired) electrons. The van der Waals surface area contributed by atoms with Crippen LogP contribution in [0.25, 0.3) is 0 Å². The van der Waals surface area contributed by atoms with Crippen LogP contribution < -0.4 is 4.72 Å². The average molecular weight is 173 g/mol. The molecule has 1 N–H and O–H groups in total. The maximum Gasteiger partial charge on any atom is 0.251 e. The van der Waals surface area contributed by atoms with E-state index in [1.807, 2.05) is 0 Å². The van der Waals surface area contributed by atoms with Crippen molar-refractivity contribution in [2.45, 2.75) is 13.3 Å². The number of alkyl halides is 2. The third kappa shape index (κ3) is 4.63. The van der Waals surface area contributed by atoms with Crippen LogP contribution in [0.3, 0.4) is 0 Å². The third-order valence-corrected chi connectivity index (χ3v) is 2.20. The van der Waals surface area contributed by atoms with Crippen molar-refractivity contribution < 1.29 is 17.2 Å². The molecule has 0 aliphatic carbocycles. The first-order valence-electron chi connectivity index (χ1n) is 2.73. The lowest BCUT2D eigenvalue weighted by Crippen LogP contribution is -2.29. The molecule has 0 aromatic carbocycles. The van der Waals surface area contributed by atoms with Crippen molar-refractivity contribution in [2.24, 2.45) is 0 Å². The topological polar surface area (TPSA) is 46.2 Å². The van der Waals surface area contributed by atoms with Crippen LogP contribution in [0.1, 0.15) is 6.92 Å². The Hall–Kier alpha value is -0.230. The van der Waals surface area contributed by atoms with Crippen LogP contribution in [0.4, 0.5) is 8.78 Å². The van der Waals surface area contributed by atoms with Gasteiger partial charge in [-0.05, 0) is 6.92 Å². The number of hydrogen-bond donors (Lipinski definition) is 1. The first kappa shape index (κ1) is 9.77. The lowest BCUT2D eigenvalue weighted by atomic mass is 10.7. The van der Waals surface area contributed by atoms with E-state index in [1.165, 1.54) is 6.92 Å². The molecule has 6 heteroatoms. The maximum atomic E-state index is 11.4. The molecule has 62 valence electrons. The summed E-state index contributed by atoms with van der Waals surface area (Å²) in [6, 6.07) is 0. The Balaban J connectivity index is 3.70. The summed E-state index contributed by atoms with van der Waals surface area (Å²) in [6.45, 7) is 0.587. The van der Waals surface area contributed by atoms with Crippen LogP contribution >= 0.6 is 0 Å². The normalized spacial score (nSPS) is 12.4. The lowest BCUT2D eigenvalue weighted by molar-refractivity contribution is 0.153. The summed E-state index contributed by atoms with van der Waals surface area (Å²) in [7, 11) is -3.44. The molecule has 3 nitrogen and oxygen atoms in total. The Labute approximate surface area is 58.5 Å². The van der Waals surface area contributed by atoms with Gasteiger partial charge in [0.1, 0.15) is 0 Å². The fourth-order valence-electron chi connectivity index (χ4n) is 0.292. The smallest absolute Gasteiger partial charge is 0.212 e. The van der Waals surface area contributed by atoms with Crippen LogP contribution in [0.15, 0.2) is 0 Å². The second-order valence-electron chi connectivity index (χ2n) is 1.64. The van der Waals surface area contributed by atoms with Gasteiger partial charge in [-0.1, -0.05) is 0 Å². The van der Waals surface area contributed by atoms with E-state index < -0.39 is 23.0 Å². The Bertz CT molecular complexity index is 178. The predicted octanol–water partition coefficient (Wildman–Crippen LogP) is 0.191. The van der Waals surface area contributed by atoms with Crippen LogP contribution in [0, 0.1) is 0 Å². The van der Waals surface area contributed by atoms with Gasteiger partial charge < -0.3 is 0 Å². The highest BCUT2D eigenvalue weighted by Gasteiger charge is 2.09. The number of nitrogens with one attached hydrogen (secondary N) is 1. The zero-order chi connectivity index (χ0) is 8.20. The largest absolute Gasteiger partial charge is 0.251 e. The molecule has 0 rings (SSSR count). The second-order valence-corrected chi connectivity index (χ2v) is 3.74. The molecule has 0 unspecified atom stereocenters. The van der Waals surface area contributed by atoms with Gasteiger partial charge in [-0.15, -0.1) is 0 Å². The minimum Gasteiger partial charge on any atom is -0.212 e. The molecule has 0 saturated heterocycles. The van der Waals surface area contributed by atoms with E-state index in [0.717, 1.165) is 0 Å². The summed E-state index contributed by atoms with van der Waals surface area (Å²) in [5, 5.41) is 0. The molecule has 0 amide bonds. The molecule has 0 aromatic rings. The van der Waals surface area contributed by atoms with E-state index in [0.29, 0.717) is 0 Å². The molecule has 0 heterocycles. The van der Waals surface area contributed by atoms with Gasteiger partial charge in [-0.2, -0.15) is 0 Å². The molecule has 0 atom stereocenters. The minimum atomic E-state index is -3.44. The van der Waals surface area contributed by atoms with E-state index in [9.17, 15) is 17.2 Å². The lowest BCUT2D eigenvalue weighted by Gasteiger charge is -2.01. The van der Waals surface area contributed by atoms with Crippen LogP contribution in [-0.2, 0) is 10.0 Å². The van der Waals surface area contributed by atoms with Crippen molar-refractivity contribution >= 4 is 10.0 Å². The molecular formula is C4H9F2NO2S. The van der Waals surface area contributed by atoms with Gasteiger partial charge in [0, 0.05) is 0 Å². The second kappa shape index (κ2) is 3.82. The quantitative estimate of drug-likeness (QED) is 0.659. The standard InChI is InChI=1S/C4H9F2NO2S/c1-2-10(8,9)7-3-4(5)6/h4,7H,2-3H2,1H3. The molecule has 0 saturated carbocycles. The fourth-order valence-corrected chi connectivity index (χ4v) is 0.876. The highest BCUT2D eigenvalue weighted by atomic mass is 32.2. The van der Waals surface area contributed by atoms with Gasteiger partial charge in [0.2, 0.25) is 10.0 Å². The summed E-state index contributed by atoms with van der Waals surface area (Å²) < 4.78 is 45.4. The number of hydrogen-bond acceptors (Lipinski definition) is 2. The van der Waals surface area contributed by atoms with E-state index >= 15 is 0 Å². The highest BCUT2D eigenvalue weighted by Crippen LogP contribution is 1.90. The number of sulfonamides is 1. The Morgan fingerprint density at radius 2 is 2.00 bits per heavy atom. The average Bonchev–Trinajstić information content (AvgIpc) is 1.85. The minimum absolute atomic E-state index is 0.167. The number of halogens is 2. The molecular weight excluding hydrogens is 164 g/mol. The maximum absolute atomic E-state index is 11.4. The fraction of sp³-hybridized carbons (Fsp3) is 1.00. The zero-order valence-corrected chi connectivity index (χ0v) is 6.29. The SMILES string of the molecule is CCS(=O)(=O)NCC(F)F. The van der Waals surface area contributed by atoms with Crippen molar-refractivity contribution in [3.63, 3.8) is 0 Å². The van der Waals surface area contributed by atoms with E-state index in [1.54, 1.807) is 4.72 Å². The van der Waals surface area contributed by atoms with Crippen LogP contribution in [0.5, 0.6) is 0 Å². The van der Waals surface area contributed by atoms with Crippen molar-refractivity contribution in [1.29, 1.82) is 0 Å². The Morgan fingerprint density at radius 3 is 2.30 bits per heavy atom. The van der Waals surface area contributed by atoms with Gasteiger partial charge >= 0.3 is 0 Å². The van der Waals surface area contributed by atoms with Gasteiger partial charge in [0.15, 0.2) is 0 Å². The summed E-state index contributed by atoms with van der Waals surface area (Å²) >= 11 is 0. The molecule has 0 aromatic heterocycles. The molecule has 0 spiro atoms. The molecule has 0 aliphatic heterocycles. The van der Waals surface area contributed by atoms with Gasteiger partial charge in [0.05, 0.1) is 12.3 Å². The monoisotopic (exact) mass is 173 g/mol. The van der Waals surface area contributed by atoms with Crippen LogP contribution in [-0.4, -0.2) is 27.1 Å². The van der Waals surface area contributed by atoms with E-state index in [4.69, 9.17) is 0 Å². The summed E-state index contributed by atoms with van der Waals surface area (Å²) in [4.78, 5) is 0.